The van der Waals surface area contributed by atoms with Crippen molar-refractivity contribution in [3.8, 4) is 22.3 Å². The van der Waals surface area contributed by atoms with Crippen LogP contribution in [0.15, 0.2) is 275 Å². The molecular weight excluding hydrogens is 1010 g/mol. The van der Waals surface area contributed by atoms with Crippen LogP contribution in [-0.2, 0) is 22.6 Å². The van der Waals surface area contributed by atoms with Gasteiger partial charge < -0.3 is 10.0 Å². The number of hydrogen-bond acceptors (Lipinski definition) is 4. The Labute approximate surface area is 481 Å². The summed E-state index contributed by atoms with van der Waals surface area (Å²) in [4.78, 5) is 27.9. The molecule has 2 heterocycles. The topological polar surface area (TPSA) is 64.3 Å². The average molecular weight is 1080 g/mol. The summed E-state index contributed by atoms with van der Waals surface area (Å²) in [5.74, 6) is -1.48. The zero-order chi connectivity index (χ0) is 55.7. The summed E-state index contributed by atoms with van der Waals surface area (Å²) >= 11 is 7.15. The number of Topliss-reactive ketones (excluding diaryl/α,β-unsaturated/α-hetero) is 2. The van der Waals surface area contributed by atoms with Crippen LogP contribution in [0.4, 0.5) is 5.69 Å². The summed E-state index contributed by atoms with van der Waals surface area (Å²) < 4.78 is 2.04. The lowest BCUT2D eigenvalue weighted by Crippen LogP contribution is -2.36. The van der Waals surface area contributed by atoms with Crippen molar-refractivity contribution in [1.82, 2.24) is 0 Å². The maximum Gasteiger partial charge on any atom is 0.233 e. The molecule has 12 rings (SSSR count). The number of fused-ring (bicyclic) bond motifs is 2. The number of pyridine rings is 1. The zero-order valence-electron chi connectivity index (χ0n) is 46.0. The van der Waals surface area contributed by atoms with E-state index in [1.54, 1.807) is 12.2 Å². The smallest absolute Gasteiger partial charge is 0.233 e. The summed E-state index contributed by atoms with van der Waals surface area (Å²) in [6.07, 6.45) is 21.4. The van der Waals surface area contributed by atoms with Gasteiger partial charge in [0.25, 0.3) is 0 Å². The molecule has 0 radical (unpaired) electrons. The molecule has 8 aromatic rings. The highest BCUT2D eigenvalue weighted by atomic mass is 35.5. The number of hydrogen-bond donors (Lipinski definition) is 0. The molecule has 1 unspecified atom stereocenters. The fourth-order valence-electron chi connectivity index (χ4n) is 11.8. The Morgan fingerprint density at radius 1 is 0.605 bits per heavy atom. The van der Waals surface area contributed by atoms with E-state index in [1.807, 2.05) is 66.9 Å². The van der Waals surface area contributed by atoms with Gasteiger partial charge in [0.05, 0.1) is 0 Å². The Morgan fingerprint density at radius 3 is 1.94 bits per heavy atom. The van der Waals surface area contributed by atoms with Gasteiger partial charge in [0, 0.05) is 57.7 Å². The van der Waals surface area contributed by atoms with E-state index in [4.69, 9.17) is 11.6 Å². The molecule has 0 amide bonds. The average Bonchev–Trinajstić information content (AvgIpc) is 3.86. The van der Waals surface area contributed by atoms with Gasteiger partial charge in [0.1, 0.15) is 6.54 Å². The van der Waals surface area contributed by atoms with Crippen molar-refractivity contribution >= 4 is 57.5 Å². The number of halogens is 1. The molecule has 0 spiro atoms. The molecule has 1 aliphatic heterocycles. The van der Waals surface area contributed by atoms with Crippen molar-refractivity contribution in [3.63, 3.8) is 0 Å². The minimum absolute atomic E-state index is 0.0343. The van der Waals surface area contributed by atoms with E-state index in [0.717, 1.165) is 71.5 Å². The molecule has 0 N–H and O–H groups in total. The van der Waals surface area contributed by atoms with Gasteiger partial charge in [-0.05, 0) is 174 Å². The standard InChI is InChI=1S/C46H39Cl.C29H26N2O3/c47-46-40(26-24-34-28-42(36-14-5-1-6-15-36)32-43(29-34)37-16-7-2-8-17-37)22-13-23-41(46)27-25-35-30-44(38-18-9-3-10-19-38)33-45(31-35)39-20-11-4-12-21-39;1-3-30-21(15-13-19-9-5-7-11-25(19)30)17-23-27(32)24(29(34)28(23)33)18-22-16-14-20-10-6-8-12-26(20)31(22)4-2/h1-12,14-21,24-30,32,45H,13,22-23,31,33H2;5-13,15,17-18H,3-4,14,16H2,1-2H3/b26-24-,35-25+,41-27+;. The second-order valence-corrected chi connectivity index (χ2v) is 21.5. The Hall–Kier alpha value is -8.90. The number of aryl methyl sites for hydroxylation is 2. The van der Waals surface area contributed by atoms with Crippen LogP contribution in [0.1, 0.15) is 86.2 Å². The number of anilines is 1. The van der Waals surface area contributed by atoms with Gasteiger partial charge >= 0.3 is 0 Å². The van der Waals surface area contributed by atoms with Gasteiger partial charge in [-0.3, -0.25) is 9.59 Å². The first-order chi connectivity index (χ1) is 39.7. The number of ketones is 2. The molecule has 400 valence electrons. The van der Waals surface area contributed by atoms with Gasteiger partial charge in [-0.2, -0.15) is 4.57 Å². The van der Waals surface area contributed by atoms with Gasteiger partial charge in [0.2, 0.25) is 22.8 Å². The maximum absolute atomic E-state index is 13.3. The number of carbonyl (C=O) groups excluding carboxylic acids is 2. The van der Waals surface area contributed by atoms with Crippen molar-refractivity contribution < 1.29 is 19.3 Å². The summed E-state index contributed by atoms with van der Waals surface area (Å²) in [6.45, 7) is 5.43. The maximum atomic E-state index is 13.3. The molecule has 0 bridgehead atoms. The highest BCUT2D eigenvalue weighted by molar-refractivity contribution is 6.54. The third-order valence-corrected chi connectivity index (χ3v) is 16.5. The van der Waals surface area contributed by atoms with Crippen LogP contribution in [0.3, 0.4) is 0 Å². The summed E-state index contributed by atoms with van der Waals surface area (Å²) in [6, 6.07) is 69.8. The predicted molar refractivity (Wildman–Crippen MR) is 333 cm³/mol. The summed E-state index contributed by atoms with van der Waals surface area (Å²) in [5, 5.41) is 15.3. The summed E-state index contributed by atoms with van der Waals surface area (Å²) in [5.41, 5.74) is 18.8. The van der Waals surface area contributed by atoms with Crippen LogP contribution in [0.25, 0.3) is 50.9 Å². The van der Waals surface area contributed by atoms with Crippen LogP contribution in [0.5, 0.6) is 0 Å². The van der Waals surface area contributed by atoms with E-state index >= 15 is 0 Å². The first kappa shape index (κ1) is 54.1. The SMILES string of the molecule is CCN1C(=CC2=C([O-])C(=Cc3ccc4ccccc4[n+]3CC)C(=O)C2=O)CCc2ccccc21.ClC1=C(/C=C\c2cc(-c3ccccc3)cc(-c3ccccc3)c2)CCC/C1=C\C=C1/C=C(c2ccccc2)CC(c2ccccc2)C1. The number of nitrogens with zero attached hydrogens (tertiary/aromatic N) is 2. The Morgan fingerprint density at radius 2 is 1.25 bits per heavy atom. The van der Waals surface area contributed by atoms with E-state index in [9.17, 15) is 14.7 Å². The molecule has 1 atom stereocenters. The molecule has 0 saturated carbocycles. The Balaban J connectivity index is 0.000000180. The highest BCUT2D eigenvalue weighted by Gasteiger charge is 2.33. The molecular formula is C75H65ClN2O3. The number of rotatable bonds is 11. The first-order valence-corrected chi connectivity index (χ1v) is 28.8. The van der Waals surface area contributed by atoms with Gasteiger partial charge in [-0.15, -0.1) is 0 Å². The molecule has 3 aliphatic carbocycles. The van der Waals surface area contributed by atoms with E-state index in [1.165, 1.54) is 66.8 Å². The molecule has 7 aromatic carbocycles. The van der Waals surface area contributed by atoms with Crippen molar-refractivity contribution in [2.45, 2.75) is 71.3 Å². The second-order valence-electron chi connectivity index (χ2n) is 21.1. The lowest BCUT2D eigenvalue weighted by atomic mass is 9.79. The largest absolute Gasteiger partial charge is 0.871 e. The van der Waals surface area contributed by atoms with Crippen molar-refractivity contribution in [1.29, 1.82) is 0 Å². The zero-order valence-corrected chi connectivity index (χ0v) is 46.8. The van der Waals surface area contributed by atoms with Crippen LogP contribution in [0, 0.1) is 0 Å². The molecule has 6 heteroatoms. The minimum atomic E-state index is -0.730. The molecule has 0 saturated heterocycles. The number of benzene rings is 7. The molecule has 81 heavy (non-hydrogen) atoms. The lowest BCUT2D eigenvalue weighted by Gasteiger charge is -2.33. The van der Waals surface area contributed by atoms with Gasteiger partial charge in [-0.25, -0.2) is 0 Å². The van der Waals surface area contributed by atoms with Crippen molar-refractivity contribution in [2.75, 3.05) is 11.4 Å². The predicted octanol–water partition coefficient (Wildman–Crippen LogP) is 16.9. The van der Waals surface area contributed by atoms with E-state index in [0.29, 0.717) is 25.4 Å². The van der Waals surface area contributed by atoms with Crippen LogP contribution >= 0.6 is 11.6 Å². The van der Waals surface area contributed by atoms with E-state index < -0.39 is 17.3 Å². The fourth-order valence-corrected chi connectivity index (χ4v) is 12.2. The number of carbonyl (C=O) groups is 2. The molecule has 5 nitrogen and oxygen atoms in total. The molecule has 4 aliphatic rings. The van der Waals surface area contributed by atoms with Crippen molar-refractivity contribution in [3.05, 3.63) is 303 Å². The monoisotopic (exact) mass is 1080 g/mol. The third kappa shape index (κ3) is 12.2. The minimum Gasteiger partial charge on any atom is -0.871 e. The van der Waals surface area contributed by atoms with E-state index in [-0.39, 0.29) is 11.1 Å². The van der Waals surface area contributed by atoms with Gasteiger partial charge in [0.15, 0.2) is 0 Å². The van der Waals surface area contributed by atoms with Crippen molar-refractivity contribution in [2.24, 2.45) is 0 Å². The fraction of sp³-hybridized carbons (Fsp3) is 0.160. The Kier molecular flexibility index (Phi) is 16.7. The number of allylic oxidation sites excluding steroid dienone is 13. The van der Waals surface area contributed by atoms with Crippen LogP contribution in [0.2, 0.25) is 0 Å². The number of aromatic nitrogens is 1. The second kappa shape index (κ2) is 25.0. The quantitative estimate of drug-likeness (QED) is 0.0735. The first-order valence-electron chi connectivity index (χ1n) is 28.5. The molecule has 0 fully saturated rings. The third-order valence-electron chi connectivity index (χ3n) is 16.0. The Bertz CT molecular complexity index is 3860. The normalized spacial score (nSPS) is 18.5. The number of para-hydroxylation sites is 2. The molecule has 1 aromatic heterocycles. The van der Waals surface area contributed by atoms with E-state index in [2.05, 4.69) is 187 Å². The van der Waals surface area contributed by atoms with Gasteiger partial charge in [-0.1, -0.05) is 199 Å². The highest BCUT2D eigenvalue weighted by Crippen LogP contribution is 2.41. The lowest BCUT2D eigenvalue weighted by molar-refractivity contribution is -0.669. The van der Waals surface area contributed by atoms with Crippen LogP contribution in [-0.4, -0.2) is 18.1 Å². The summed E-state index contributed by atoms with van der Waals surface area (Å²) in [7, 11) is 0. The van der Waals surface area contributed by atoms with Crippen LogP contribution < -0.4 is 14.6 Å².